The maximum absolute atomic E-state index is 13.4. The van der Waals surface area contributed by atoms with Gasteiger partial charge in [-0.2, -0.15) is 4.31 Å². The fraction of sp³-hybridized carbons (Fsp3) is 0.350. The summed E-state index contributed by atoms with van der Waals surface area (Å²) in [4.78, 5) is 12.6. The van der Waals surface area contributed by atoms with E-state index in [1.165, 1.54) is 4.31 Å². The molecule has 1 N–H and O–H groups in total. The highest BCUT2D eigenvalue weighted by Gasteiger charge is 2.31. The molecule has 2 aromatic carbocycles. The SMILES string of the molecule is Cc1ccc(C)c(S(=O)(=O)N(CC(=O)NC2CC2)Cc2ccccc2Cl)c1. The van der Waals surface area contributed by atoms with E-state index < -0.39 is 10.0 Å². The van der Waals surface area contributed by atoms with E-state index in [4.69, 9.17) is 11.6 Å². The number of carbonyl (C=O) groups excluding carboxylic acids is 1. The van der Waals surface area contributed by atoms with Gasteiger partial charge in [0.15, 0.2) is 0 Å². The molecule has 0 spiro atoms. The van der Waals surface area contributed by atoms with Crippen molar-refractivity contribution in [2.24, 2.45) is 0 Å². The first-order valence-corrected chi connectivity index (χ1v) is 10.7. The highest BCUT2D eigenvalue weighted by atomic mass is 35.5. The maximum atomic E-state index is 13.4. The fourth-order valence-corrected chi connectivity index (χ4v) is 4.71. The molecule has 3 rings (SSSR count). The third-order valence-corrected chi connectivity index (χ3v) is 6.83. The van der Waals surface area contributed by atoms with Crippen molar-refractivity contribution < 1.29 is 13.2 Å². The molecule has 0 atom stereocenters. The van der Waals surface area contributed by atoms with Gasteiger partial charge in [0, 0.05) is 17.6 Å². The first kappa shape index (κ1) is 19.9. The fourth-order valence-electron chi connectivity index (χ4n) is 2.83. The Labute approximate surface area is 165 Å². The summed E-state index contributed by atoms with van der Waals surface area (Å²) in [5, 5.41) is 3.33. The molecule has 27 heavy (non-hydrogen) atoms. The predicted octanol–water partition coefficient (Wildman–Crippen LogP) is 3.43. The number of aryl methyl sites for hydroxylation is 2. The van der Waals surface area contributed by atoms with Crippen LogP contribution in [0.2, 0.25) is 5.02 Å². The van der Waals surface area contributed by atoms with E-state index in [0.29, 0.717) is 16.1 Å². The first-order valence-electron chi connectivity index (χ1n) is 8.87. The monoisotopic (exact) mass is 406 g/mol. The van der Waals surface area contributed by atoms with Gasteiger partial charge < -0.3 is 5.32 Å². The molecular weight excluding hydrogens is 384 g/mol. The number of rotatable bonds is 7. The minimum atomic E-state index is -3.87. The summed E-state index contributed by atoms with van der Waals surface area (Å²) in [6, 6.07) is 12.5. The summed E-state index contributed by atoms with van der Waals surface area (Å²) in [5.41, 5.74) is 2.15. The number of hydrogen-bond donors (Lipinski definition) is 1. The molecule has 0 unspecified atom stereocenters. The van der Waals surface area contributed by atoms with Crippen LogP contribution in [-0.4, -0.2) is 31.2 Å². The van der Waals surface area contributed by atoms with E-state index in [9.17, 15) is 13.2 Å². The highest BCUT2D eigenvalue weighted by molar-refractivity contribution is 7.89. The molecule has 2 aromatic rings. The highest BCUT2D eigenvalue weighted by Crippen LogP contribution is 2.25. The number of hydrogen-bond acceptors (Lipinski definition) is 3. The Kier molecular flexibility index (Phi) is 5.89. The molecule has 0 radical (unpaired) electrons. The van der Waals surface area contributed by atoms with Crippen LogP contribution in [0, 0.1) is 13.8 Å². The zero-order chi connectivity index (χ0) is 19.6. The number of carbonyl (C=O) groups is 1. The lowest BCUT2D eigenvalue weighted by Gasteiger charge is -2.23. The van der Waals surface area contributed by atoms with Crippen molar-refractivity contribution in [1.82, 2.24) is 9.62 Å². The Hall–Kier alpha value is -1.89. The summed E-state index contributed by atoms with van der Waals surface area (Å²) in [5.74, 6) is -0.293. The topological polar surface area (TPSA) is 66.5 Å². The van der Waals surface area contributed by atoms with Crippen LogP contribution in [0.5, 0.6) is 0 Å². The summed E-state index contributed by atoms with van der Waals surface area (Å²) in [6.45, 7) is 3.39. The van der Waals surface area contributed by atoms with E-state index in [2.05, 4.69) is 5.32 Å². The maximum Gasteiger partial charge on any atom is 0.244 e. The number of nitrogens with zero attached hydrogens (tertiary/aromatic N) is 1. The van der Waals surface area contributed by atoms with Crippen molar-refractivity contribution in [1.29, 1.82) is 0 Å². The van der Waals surface area contributed by atoms with Gasteiger partial charge in [-0.15, -0.1) is 0 Å². The van der Waals surface area contributed by atoms with Gasteiger partial charge in [-0.25, -0.2) is 8.42 Å². The molecule has 1 fully saturated rings. The van der Waals surface area contributed by atoms with Crippen molar-refractivity contribution in [3.8, 4) is 0 Å². The molecule has 5 nitrogen and oxygen atoms in total. The van der Waals surface area contributed by atoms with Gasteiger partial charge in [-0.05, 0) is 55.5 Å². The Morgan fingerprint density at radius 3 is 2.56 bits per heavy atom. The van der Waals surface area contributed by atoms with Gasteiger partial charge in [0.2, 0.25) is 15.9 Å². The van der Waals surface area contributed by atoms with E-state index in [0.717, 1.165) is 18.4 Å². The number of amides is 1. The molecule has 144 valence electrons. The summed E-state index contributed by atoms with van der Waals surface area (Å²) < 4.78 is 27.9. The van der Waals surface area contributed by atoms with Crippen molar-refractivity contribution in [2.45, 2.75) is 44.2 Å². The van der Waals surface area contributed by atoms with Crippen LogP contribution >= 0.6 is 11.6 Å². The standard InChI is InChI=1S/C20H23ClN2O3S/c1-14-7-8-15(2)19(11-14)27(25,26)23(13-20(24)22-17-9-10-17)12-16-5-3-4-6-18(16)21/h3-8,11,17H,9-10,12-13H2,1-2H3,(H,22,24). The first-order chi connectivity index (χ1) is 12.8. The average molecular weight is 407 g/mol. The van der Waals surface area contributed by atoms with Crippen LogP contribution in [0.3, 0.4) is 0 Å². The van der Waals surface area contributed by atoms with Crippen molar-refractivity contribution in [2.75, 3.05) is 6.54 Å². The second-order valence-corrected chi connectivity index (χ2v) is 9.29. The van der Waals surface area contributed by atoms with Crippen molar-refractivity contribution >= 4 is 27.5 Å². The normalized spacial score (nSPS) is 14.4. The minimum Gasteiger partial charge on any atom is -0.352 e. The van der Waals surface area contributed by atoms with Crippen molar-refractivity contribution in [3.63, 3.8) is 0 Å². The average Bonchev–Trinajstić information content (AvgIpc) is 3.42. The van der Waals surface area contributed by atoms with Crippen LogP contribution in [0.4, 0.5) is 0 Å². The van der Waals surface area contributed by atoms with Crippen LogP contribution in [0.1, 0.15) is 29.5 Å². The van der Waals surface area contributed by atoms with Crippen LogP contribution in [0.25, 0.3) is 0 Å². The van der Waals surface area contributed by atoms with E-state index >= 15 is 0 Å². The van der Waals surface area contributed by atoms with Crippen LogP contribution in [0.15, 0.2) is 47.4 Å². The lowest BCUT2D eigenvalue weighted by atomic mass is 10.2. The molecular formula is C20H23ClN2O3S. The third-order valence-electron chi connectivity index (χ3n) is 4.53. The minimum absolute atomic E-state index is 0.0352. The molecule has 0 bridgehead atoms. The quantitative estimate of drug-likeness (QED) is 0.766. The lowest BCUT2D eigenvalue weighted by Crippen LogP contribution is -2.41. The number of benzene rings is 2. The Bertz CT molecular complexity index is 955. The molecule has 7 heteroatoms. The van der Waals surface area contributed by atoms with Gasteiger partial charge in [-0.1, -0.05) is 41.9 Å². The van der Waals surface area contributed by atoms with Gasteiger partial charge in [0.25, 0.3) is 0 Å². The Morgan fingerprint density at radius 1 is 1.19 bits per heavy atom. The molecule has 1 aliphatic carbocycles. The second kappa shape index (κ2) is 8.00. The molecule has 0 heterocycles. The van der Waals surface area contributed by atoms with E-state index in [1.807, 2.05) is 13.0 Å². The van der Waals surface area contributed by atoms with Crippen molar-refractivity contribution in [3.05, 3.63) is 64.2 Å². The van der Waals surface area contributed by atoms with Gasteiger partial charge in [0.1, 0.15) is 0 Å². The van der Waals surface area contributed by atoms with Crippen LogP contribution in [-0.2, 0) is 21.4 Å². The summed E-state index contributed by atoms with van der Waals surface area (Å²) in [6.07, 6.45) is 1.89. The molecule has 0 aromatic heterocycles. The second-order valence-electron chi connectivity index (χ2n) is 6.98. The molecule has 0 saturated heterocycles. The Balaban J connectivity index is 1.95. The molecule has 1 saturated carbocycles. The van der Waals surface area contributed by atoms with Gasteiger partial charge in [-0.3, -0.25) is 4.79 Å². The molecule has 1 aliphatic rings. The lowest BCUT2D eigenvalue weighted by molar-refractivity contribution is -0.121. The zero-order valence-corrected chi connectivity index (χ0v) is 17.0. The molecule has 1 amide bonds. The molecule has 0 aliphatic heterocycles. The largest absolute Gasteiger partial charge is 0.352 e. The zero-order valence-electron chi connectivity index (χ0n) is 15.4. The van der Waals surface area contributed by atoms with E-state index in [-0.39, 0.29) is 29.9 Å². The number of sulfonamides is 1. The predicted molar refractivity (Wildman–Crippen MR) is 106 cm³/mol. The Morgan fingerprint density at radius 2 is 1.89 bits per heavy atom. The number of halogens is 1. The third kappa shape index (κ3) is 4.89. The van der Waals surface area contributed by atoms with Gasteiger partial charge >= 0.3 is 0 Å². The summed E-state index contributed by atoms with van der Waals surface area (Å²) >= 11 is 6.23. The van der Waals surface area contributed by atoms with E-state index in [1.54, 1.807) is 43.3 Å². The van der Waals surface area contributed by atoms with Crippen LogP contribution < -0.4 is 5.32 Å². The number of nitrogens with one attached hydrogen (secondary N) is 1. The summed E-state index contributed by atoms with van der Waals surface area (Å²) in [7, 11) is -3.87. The van der Waals surface area contributed by atoms with Gasteiger partial charge in [0.05, 0.1) is 11.4 Å². The smallest absolute Gasteiger partial charge is 0.244 e.